The van der Waals surface area contributed by atoms with Crippen molar-refractivity contribution in [1.29, 1.82) is 0 Å². The normalized spacial score (nSPS) is 16.9. The molecule has 0 saturated heterocycles. The van der Waals surface area contributed by atoms with Crippen LogP contribution in [0.2, 0.25) is 0 Å². The molecule has 3 heteroatoms. The molecule has 1 aliphatic rings. The first kappa shape index (κ1) is 14.5. The summed E-state index contributed by atoms with van der Waals surface area (Å²) in [7, 11) is 1.92. The van der Waals surface area contributed by atoms with E-state index in [9.17, 15) is 4.79 Å². The highest BCUT2D eigenvalue weighted by atomic mass is 16.2. The molecule has 0 radical (unpaired) electrons. The van der Waals surface area contributed by atoms with Crippen molar-refractivity contribution in [3.63, 3.8) is 0 Å². The Morgan fingerprint density at radius 1 is 1.29 bits per heavy atom. The molecule has 0 heterocycles. The van der Waals surface area contributed by atoms with Crippen LogP contribution in [0.4, 0.5) is 0 Å². The zero-order chi connectivity index (χ0) is 12.7. The zero-order valence-electron chi connectivity index (χ0n) is 11.5. The highest BCUT2D eigenvalue weighted by Gasteiger charge is 2.34. The van der Waals surface area contributed by atoms with E-state index in [0.717, 1.165) is 6.42 Å². The molecule has 0 aromatic rings. The van der Waals surface area contributed by atoms with E-state index in [2.05, 4.69) is 6.92 Å². The summed E-state index contributed by atoms with van der Waals surface area (Å²) in [5.74, 6) is 0.956. The smallest absolute Gasteiger partial charge is 0.222 e. The van der Waals surface area contributed by atoms with Crippen molar-refractivity contribution in [2.45, 2.75) is 64.3 Å². The summed E-state index contributed by atoms with van der Waals surface area (Å²) in [5, 5.41) is 0. The fraction of sp³-hybridized carbons (Fsp3) is 0.929. The van der Waals surface area contributed by atoms with E-state index in [0.29, 0.717) is 18.9 Å². The van der Waals surface area contributed by atoms with Crippen LogP contribution in [-0.2, 0) is 4.79 Å². The van der Waals surface area contributed by atoms with Crippen LogP contribution in [0.25, 0.3) is 0 Å². The number of hydrogen-bond donors (Lipinski definition) is 1. The minimum atomic E-state index is 0.281. The lowest BCUT2D eigenvalue weighted by atomic mass is 10.1. The van der Waals surface area contributed by atoms with Crippen LogP contribution in [0.1, 0.15) is 58.3 Å². The second-order valence-corrected chi connectivity index (χ2v) is 5.31. The van der Waals surface area contributed by atoms with Crippen LogP contribution in [-0.4, -0.2) is 30.4 Å². The summed E-state index contributed by atoms with van der Waals surface area (Å²) in [6.07, 6.45) is 9.21. The Morgan fingerprint density at radius 2 is 1.94 bits per heavy atom. The Morgan fingerprint density at radius 3 is 2.47 bits per heavy atom. The number of nitrogens with two attached hydrogens (primary N) is 1. The summed E-state index contributed by atoms with van der Waals surface area (Å²) in [5.41, 5.74) is 5.75. The predicted octanol–water partition coefficient (Wildman–Crippen LogP) is 2.54. The molecule has 0 aromatic heterocycles. The molecule has 1 fully saturated rings. The molecule has 17 heavy (non-hydrogen) atoms. The molecule has 3 nitrogen and oxygen atoms in total. The largest absolute Gasteiger partial charge is 0.341 e. The van der Waals surface area contributed by atoms with E-state index in [1.54, 1.807) is 0 Å². The molecule has 0 aromatic carbocycles. The second kappa shape index (κ2) is 7.70. The summed E-state index contributed by atoms with van der Waals surface area (Å²) in [6.45, 7) is 2.82. The lowest BCUT2D eigenvalue weighted by Crippen LogP contribution is -2.43. The molecular formula is C14H28N2O. The quantitative estimate of drug-likeness (QED) is 0.630. The van der Waals surface area contributed by atoms with Crippen LogP contribution >= 0.6 is 0 Å². The molecule has 1 rings (SSSR count). The van der Waals surface area contributed by atoms with Crippen molar-refractivity contribution in [2.75, 3.05) is 13.6 Å². The molecular weight excluding hydrogens is 212 g/mol. The maximum atomic E-state index is 12.0. The number of amides is 1. The van der Waals surface area contributed by atoms with Gasteiger partial charge in [0.2, 0.25) is 5.91 Å². The number of carbonyl (C=O) groups excluding carboxylic acids is 1. The van der Waals surface area contributed by atoms with Gasteiger partial charge in [-0.15, -0.1) is 0 Å². The number of hydrogen-bond acceptors (Lipinski definition) is 2. The Labute approximate surface area is 106 Å². The SMILES string of the molecule is CCCCCCCC(=O)N(C)C(CN)C1CC1. The average molecular weight is 240 g/mol. The van der Waals surface area contributed by atoms with Crippen LogP contribution in [0, 0.1) is 5.92 Å². The van der Waals surface area contributed by atoms with Gasteiger partial charge in [-0.05, 0) is 25.2 Å². The van der Waals surface area contributed by atoms with E-state index in [1.807, 2.05) is 11.9 Å². The Kier molecular flexibility index (Phi) is 6.56. The lowest BCUT2D eigenvalue weighted by molar-refractivity contribution is -0.132. The highest BCUT2D eigenvalue weighted by molar-refractivity contribution is 5.76. The second-order valence-electron chi connectivity index (χ2n) is 5.31. The summed E-state index contributed by atoms with van der Waals surface area (Å²) in [4.78, 5) is 13.9. The van der Waals surface area contributed by atoms with Gasteiger partial charge in [0, 0.05) is 26.1 Å². The van der Waals surface area contributed by atoms with Gasteiger partial charge in [0.25, 0.3) is 0 Å². The first-order chi connectivity index (χ1) is 8.20. The standard InChI is InChI=1S/C14H28N2O/c1-3-4-5-6-7-8-14(17)16(2)13(11-15)12-9-10-12/h12-13H,3-11,15H2,1-2H3. The van der Waals surface area contributed by atoms with E-state index in [4.69, 9.17) is 5.73 Å². The van der Waals surface area contributed by atoms with Crippen molar-refractivity contribution >= 4 is 5.91 Å². The minimum Gasteiger partial charge on any atom is -0.341 e. The van der Waals surface area contributed by atoms with E-state index in [1.165, 1.54) is 38.5 Å². The molecule has 1 aliphatic carbocycles. The van der Waals surface area contributed by atoms with Crippen molar-refractivity contribution in [3.8, 4) is 0 Å². The predicted molar refractivity (Wildman–Crippen MR) is 71.7 cm³/mol. The Hall–Kier alpha value is -0.570. The van der Waals surface area contributed by atoms with Gasteiger partial charge in [-0.3, -0.25) is 4.79 Å². The van der Waals surface area contributed by atoms with E-state index < -0.39 is 0 Å². The third kappa shape index (κ3) is 5.07. The molecule has 2 N–H and O–H groups in total. The van der Waals surface area contributed by atoms with Gasteiger partial charge in [-0.25, -0.2) is 0 Å². The van der Waals surface area contributed by atoms with Gasteiger partial charge in [0.05, 0.1) is 0 Å². The van der Waals surface area contributed by atoms with Crippen molar-refractivity contribution in [2.24, 2.45) is 11.7 Å². The maximum Gasteiger partial charge on any atom is 0.222 e. The maximum absolute atomic E-state index is 12.0. The van der Waals surface area contributed by atoms with Gasteiger partial charge in [-0.2, -0.15) is 0 Å². The molecule has 0 aliphatic heterocycles. The number of nitrogens with zero attached hydrogens (tertiary/aromatic N) is 1. The number of likely N-dealkylation sites (N-methyl/N-ethyl adjacent to an activating group) is 1. The van der Waals surface area contributed by atoms with Gasteiger partial charge in [-0.1, -0.05) is 32.6 Å². The molecule has 1 saturated carbocycles. The van der Waals surface area contributed by atoms with Gasteiger partial charge >= 0.3 is 0 Å². The van der Waals surface area contributed by atoms with Gasteiger partial charge in [0.15, 0.2) is 0 Å². The fourth-order valence-electron chi connectivity index (χ4n) is 2.39. The van der Waals surface area contributed by atoms with Crippen LogP contribution in [0.15, 0.2) is 0 Å². The Balaban J connectivity index is 2.16. The van der Waals surface area contributed by atoms with Crippen molar-refractivity contribution in [1.82, 2.24) is 4.90 Å². The highest BCUT2D eigenvalue weighted by Crippen LogP contribution is 2.34. The molecule has 100 valence electrons. The lowest BCUT2D eigenvalue weighted by Gasteiger charge is -2.27. The Bertz CT molecular complexity index is 226. The zero-order valence-corrected chi connectivity index (χ0v) is 11.5. The third-order valence-corrected chi connectivity index (χ3v) is 3.79. The average Bonchev–Trinajstić information content (AvgIpc) is 3.14. The van der Waals surface area contributed by atoms with Crippen molar-refractivity contribution in [3.05, 3.63) is 0 Å². The molecule has 1 unspecified atom stereocenters. The first-order valence-corrected chi connectivity index (χ1v) is 7.16. The number of unbranched alkanes of at least 4 members (excludes halogenated alkanes) is 4. The van der Waals surface area contributed by atoms with E-state index >= 15 is 0 Å². The first-order valence-electron chi connectivity index (χ1n) is 7.16. The molecule has 0 spiro atoms. The molecule has 0 bridgehead atoms. The topological polar surface area (TPSA) is 46.3 Å². The van der Waals surface area contributed by atoms with Crippen LogP contribution in [0.3, 0.4) is 0 Å². The summed E-state index contributed by atoms with van der Waals surface area (Å²) >= 11 is 0. The van der Waals surface area contributed by atoms with Gasteiger partial charge in [0.1, 0.15) is 0 Å². The van der Waals surface area contributed by atoms with Gasteiger partial charge < -0.3 is 10.6 Å². The number of rotatable bonds is 9. The third-order valence-electron chi connectivity index (χ3n) is 3.79. The number of carbonyl (C=O) groups is 1. The van der Waals surface area contributed by atoms with Crippen LogP contribution < -0.4 is 5.73 Å². The summed E-state index contributed by atoms with van der Waals surface area (Å²) in [6, 6.07) is 0.290. The molecule has 1 atom stereocenters. The van der Waals surface area contributed by atoms with Crippen LogP contribution in [0.5, 0.6) is 0 Å². The van der Waals surface area contributed by atoms with E-state index in [-0.39, 0.29) is 11.9 Å². The monoisotopic (exact) mass is 240 g/mol. The van der Waals surface area contributed by atoms with Crippen molar-refractivity contribution < 1.29 is 4.79 Å². The summed E-state index contributed by atoms with van der Waals surface area (Å²) < 4.78 is 0. The fourth-order valence-corrected chi connectivity index (χ4v) is 2.39. The minimum absolute atomic E-state index is 0.281. The molecule has 1 amide bonds.